The molecule has 1 aliphatic carbocycles. The number of ether oxygens (including phenoxy) is 1. The number of H-pyrrole nitrogens is 1. The normalized spacial score (nSPS) is 16.7. The van der Waals surface area contributed by atoms with Gasteiger partial charge in [0.15, 0.2) is 11.6 Å². The Hall–Kier alpha value is -5.03. The van der Waals surface area contributed by atoms with Crippen LogP contribution in [0.25, 0.3) is 22.5 Å². The van der Waals surface area contributed by atoms with Crippen molar-refractivity contribution in [3.8, 4) is 22.5 Å². The summed E-state index contributed by atoms with van der Waals surface area (Å²) >= 11 is 0. The molecule has 1 aliphatic rings. The first-order valence-electron chi connectivity index (χ1n) is 16.5. The highest BCUT2D eigenvalue weighted by Gasteiger charge is 2.30. The van der Waals surface area contributed by atoms with E-state index in [0.29, 0.717) is 55.7 Å². The zero-order valence-corrected chi connectivity index (χ0v) is 27.7. The van der Waals surface area contributed by atoms with Gasteiger partial charge in [0.2, 0.25) is 11.8 Å². The number of carbonyl (C=O) groups is 3. The Balaban J connectivity index is 1.32. The van der Waals surface area contributed by atoms with Gasteiger partial charge >= 0.3 is 6.09 Å². The van der Waals surface area contributed by atoms with Crippen LogP contribution in [0.15, 0.2) is 72.8 Å². The molecule has 1 aromatic heterocycles. The Labute approximate surface area is 280 Å². The summed E-state index contributed by atoms with van der Waals surface area (Å²) in [5.41, 5.74) is 5.78. The van der Waals surface area contributed by atoms with Crippen molar-refractivity contribution in [1.29, 1.82) is 0 Å². The Morgan fingerprint density at radius 3 is 2.40 bits per heavy atom. The fourth-order valence-corrected chi connectivity index (χ4v) is 6.29. The molecule has 3 aromatic carbocycles. The molecule has 1 saturated carbocycles. The molecule has 3 amide bonds. The molecule has 0 spiro atoms. The SMILES string of the molecule is COCc1nnc(-c2ccc(NC(=O)[C@H](Cc3cccc(-c4ccccc4C(C)C)c3)NC(=O)[C@H]3CC[C@H](CNC(=O)O)CC3)cc2)[nH]1. The van der Waals surface area contributed by atoms with Crippen molar-refractivity contribution in [2.45, 2.75) is 64.5 Å². The summed E-state index contributed by atoms with van der Waals surface area (Å²) in [7, 11) is 1.59. The maximum absolute atomic E-state index is 13.8. The molecule has 0 aliphatic heterocycles. The number of carbonyl (C=O) groups excluding carboxylic acids is 2. The molecule has 0 radical (unpaired) electrons. The highest BCUT2D eigenvalue weighted by Crippen LogP contribution is 2.31. The monoisotopic (exact) mass is 652 g/mol. The van der Waals surface area contributed by atoms with E-state index >= 15 is 0 Å². The molecule has 4 aromatic rings. The van der Waals surface area contributed by atoms with Crippen LogP contribution in [-0.4, -0.2) is 57.9 Å². The number of benzene rings is 3. The van der Waals surface area contributed by atoms with Gasteiger partial charge in [0, 0.05) is 37.2 Å². The molecule has 5 N–H and O–H groups in total. The van der Waals surface area contributed by atoms with Crippen molar-refractivity contribution < 1.29 is 24.2 Å². The zero-order valence-electron chi connectivity index (χ0n) is 27.7. The van der Waals surface area contributed by atoms with Crippen LogP contribution < -0.4 is 16.0 Å². The van der Waals surface area contributed by atoms with E-state index < -0.39 is 12.1 Å². The Kier molecular flexibility index (Phi) is 11.6. The smallest absolute Gasteiger partial charge is 0.404 e. The molecule has 0 bridgehead atoms. The number of methoxy groups -OCH3 is 1. The largest absolute Gasteiger partial charge is 0.465 e. The predicted molar refractivity (Wildman–Crippen MR) is 184 cm³/mol. The van der Waals surface area contributed by atoms with Gasteiger partial charge in [-0.2, -0.15) is 0 Å². The maximum Gasteiger partial charge on any atom is 0.404 e. The van der Waals surface area contributed by atoms with Crippen LogP contribution in [0, 0.1) is 11.8 Å². The molecule has 1 fully saturated rings. The Morgan fingerprint density at radius 1 is 0.938 bits per heavy atom. The second kappa shape index (κ2) is 16.2. The van der Waals surface area contributed by atoms with Gasteiger partial charge in [-0.15, -0.1) is 10.2 Å². The number of hydrogen-bond acceptors (Lipinski definition) is 6. The molecule has 1 atom stereocenters. The lowest BCUT2D eigenvalue weighted by Crippen LogP contribution is -2.48. The van der Waals surface area contributed by atoms with Crippen LogP contribution in [0.2, 0.25) is 0 Å². The second-order valence-corrected chi connectivity index (χ2v) is 12.7. The average molecular weight is 653 g/mol. The third-order valence-electron chi connectivity index (χ3n) is 8.89. The molecule has 1 heterocycles. The van der Waals surface area contributed by atoms with Gasteiger partial charge in [0.1, 0.15) is 12.6 Å². The lowest BCUT2D eigenvalue weighted by molar-refractivity contribution is -0.130. The summed E-state index contributed by atoms with van der Waals surface area (Å²) in [6, 6.07) is 22.9. The van der Waals surface area contributed by atoms with Crippen LogP contribution in [0.5, 0.6) is 0 Å². The molecular weight excluding hydrogens is 608 g/mol. The van der Waals surface area contributed by atoms with Crippen LogP contribution in [-0.2, 0) is 27.4 Å². The lowest BCUT2D eigenvalue weighted by atomic mass is 9.81. The fraction of sp³-hybridized carbons (Fsp3) is 0.378. The number of nitrogens with zero attached hydrogens (tertiary/aromatic N) is 2. The van der Waals surface area contributed by atoms with Crippen molar-refractivity contribution in [1.82, 2.24) is 25.8 Å². The van der Waals surface area contributed by atoms with E-state index in [2.05, 4.69) is 69.2 Å². The average Bonchev–Trinajstić information content (AvgIpc) is 3.56. The number of anilines is 1. The highest BCUT2D eigenvalue weighted by molar-refractivity contribution is 5.97. The van der Waals surface area contributed by atoms with Gasteiger partial charge in [-0.3, -0.25) is 9.59 Å². The lowest BCUT2D eigenvalue weighted by Gasteiger charge is -2.29. The summed E-state index contributed by atoms with van der Waals surface area (Å²) in [5, 5.41) is 25.7. The molecule has 48 heavy (non-hydrogen) atoms. The molecule has 0 saturated heterocycles. The van der Waals surface area contributed by atoms with Crippen molar-refractivity contribution >= 4 is 23.6 Å². The minimum absolute atomic E-state index is 0.159. The molecule has 11 heteroatoms. The van der Waals surface area contributed by atoms with Gasteiger partial charge in [-0.05, 0) is 84.0 Å². The topological polar surface area (TPSA) is 158 Å². The Bertz CT molecular complexity index is 1690. The highest BCUT2D eigenvalue weighted by atomic mass is 16.5. The van der Waals surface area contributed by atoms with E-state index in [4.69, 9.17) is 9.84 Å². The van der Waals surface area contributed by atoms with Gasteiger partial charge in [0.25, 0.3) is 0 Å². The van der Waals surface area contributed by atoms with E-state index in [1.807, 2.05) is 36.4 Å². The minimum atomic E-state index is -1.04. The number of carboxylic acid groups (broad SMARTS) is 1. The molecular formula is C37H44N6O5. The first-order valence-corrected chi connectivity index (χ1v) is 16.5. The second-order valence-electron chi connectivity index (χ2n) is 12.7. The Morgan fingerprint density at radius 2 is 1.69 bits per heavy atom. The quantitative estimate of drug-likeness (QED) is 0.116. The fourth-order valence-electron chi connectivity index (χ4n) is 6.29. The summed E-state index contributed by atoms with van der Waals surface area (Å²) in [6.07, 6.45) is 2.05. The first-order chi connectivity index (χ1) is 23.2. The van der Waals surface area contributed by atoms with E-state index in [1.165, 1.54) is 5.56 Å². The standard InChI is InChI=1S/C37H44N6O5/c1-23(2)30-9-4-5-10-31(30)28-8-6-7-25(19-28)20-32(40-35(44)27-13-11-24(12-14-27)21-38-37(46)47)36(45)39-29-17-15-26(16-18-29)34-41-33(22-48-3)42-43-34/h4-10,15-19,23-24,27,32,38H,11-14,20-22H2,1-3H3,(H,39,45)(H,40,44)(H,46,47)(H,41,42,43)/t24-,27-,32-/m0/s1. The number of rotatable bonds is 13. The van der Waals surface area contributed by atoms with Crippen molar-refractivity contribution in [3.05, 3.63) is 89.7 Å². The van der Waals surface area contributed by atoms with Gasteiger partial charge < -0.3 is 30.8 Å². The first kappa shape index (κ1) is 34.3. The molecule has 11 nitrogen and oxygen atoms in total. The predicted octanol–water partition coefficient (Wildman–Crippen LogP) is 6.15. The van der Waals surface area contributed by atoms with Crippen LogP contribution in [0.4, 0.5) is 10.5 Å². The van der Waals surface area contributed by atoms with E-state index in [-0.39, 0.29) is 23.7 Å². The number of hydrogen-bond donors (Lipinski definition) is 5. The number of amides is 3. The van der Waals surface area contributed by atoms with Crippen LogP contribution in [0.1, 0.15) is 62.4 Å². The van der Waals surface area contributed by atoms with Gasteiger partial charge in [0.05, 0.1) is 0 Å². The molecule has 252 valence electrons. The van der Waals surface area contributed by atoms with E-state index in [0.717, 1.165) is 35.1 Å². The van der Waals surface area contributed by atoms with E-state index in [1.54, 1.807) is 19.2 Å². The zero-order chi connectivity index (χ0) is 34.0. The van der Waals surface area contributed by atoms with Crippen molar-refractivity contribution in [3.63, 3.8) is 0 Å². The van der Waals surface area contributed by atoms with Gasteiger partial charge in [-0.1, -0.05) is 62.4 Å². The van der Waals surface area contributed by atoms with E-state index in [9.17, 15) is 14.4 Å². The van der Waals surface area contributed by atoms with Crippen molar-refractivity contribution in [2.75, 3.05) is 19.0 Å². The third-order valence-corrected chi connectivity index (χ3v) is 8.89. The summed E-state index contributed by atoms with van der Waals surface area (Å²) in [5.74, 6) is 1.05. The number of aromatic nitrogens is 3. The summed E-state index contributed by atoms with van der Waals surface area (Å²) in [4.78, 5) is 41.4. The number of nitrogens with one attached hydrogen (secondary N) is 4. The van der Waals surface area contributed by atoms with Crippen molar-refractivity contribution in [2.24, 2.45) is 11.8 Å². The molecule has 5 rings (SSSR count). The maximum atomic E-state index is 13.8. The van der Waals surface area contributed by atoms with Gasteiger partial charge in [-0.25, -0.2) is 4.79 Å². The van der Waals surface area contributed by atoms with Crippen LogP contribution >= 0.6 is 0 Å². The third kappa shape index (κ3) is 9.07. The van der Waals surface area contributed by atoms with Crippen LogP contribution in [0.3, 0.4) is 0 Å². The summed E-state index contributed by atoms with van der Waals surface area (Å²) < 4.78 is 5.10. The minimum Gasteiger partial charge on any atom is -0.465 e. The summed E-state index contributed by atoms with van der Waals surface area (Å²) in [6.45, 7) is 5.05. The number of aromatic amines is 1. The molecule has 0 unspecified atom stereocenters.